The molecule has 7 nitrogen and oxygen atoms in total. The molecule has 7 heteroatoms. The van der Waals surface area contributed by atoms with Crippen LogP contribution in [0.3, 0.4) is 0 Å². The number of ether oxygens (including phenoxy) is 1. The van der Waals surface area contributed by atoms with Gasteiger partial charge in [-0.1, -0.05) is 32.1 Å². The fourth-order valence-corrected chi connectivity index (χ4v) is 5.09. The van der Waals surface area contributed by atoms with Crippen LogP contribution in [0.5, 0.6) is 0 Å². The maximum Gasteiger partial charge on any atom is 0.346 e. The fraction of sp³-hybridized carbons (Fsp3) is 0.864. The smallest absolute Gasteiger partial charge is 0.346 e. The molecule has 0 radical (unpaired) electrons. The summed E-state index contributed by atoms with van der Waals surface area (Å²) >= 11 is 0. The lowest BCUT2D eigenvalue weighted by Crippen LogP contribution is -2.40. The normalized spacial score (nSPS) is 23.5. The number of rotatable bonds is 8. The largest absolute Gasteiger partial charge is 0.383 e. The maximum absolute atomic E-state index is 12.9. The van der Waals surface area contributed by atoms with Crippen LogP contribution in [0.25, 0.3) is 0 Å². The molecule has 3 fully saturated rings. The topological polar surface area (TPSA) is 69.4 Å². The fourth-order valence-electron chi connectivity index (χ4n) is 5.09. The van der Waals surface area contributed by atoms with Crippen LogP contribution in [-0.4, -0.2) is 52.0 Å². The maximum atomic E-state index is 12.9. The van der Waals surface area contributed by atoms with E-state index in [1.54, 1.807) is 11.8 Å². The Morgan fingerprint density at radius 2 is 1.90 bits per heavy atom. The first-order valence-corrected chi connectivity index (χ1v) is 11.6. The Hall–Kier alpha value is -1.63. The number of aromatic nitrogens is 3. The van der Waals surface area contributed by atoms with Gasteiger partial charge >= 0.3 is 5.69 Å². The van der Waals surface area contributed by atoms with Crippen molar-refractivity contribution in [3.63, 3.8) is 0 Å². The lowest BCUT2D eigenvalue weighted by atomic mass is 9.86. The summed E-state index contributed by atoms with van der Waals surface area (Å²) in [6, 6.07) is 0.297. The van der Waals surface area contributed by atoms with Gasteiger partial charge in [-0.2, -0.15) is 5.10 Å². The van der Waals surface area contributed by atoms with E-state index in [4.69, 9.17) is 9.84 Å². The summed E-state index contributed by atoms with van der Waals surface area (Å²) in [5.74, 6) is 2.09. The van der Waals surface area contributed by atoms with E-state index in [1.807, 2.05) is 9.47 Å². The first-order valence-electron chi connectivity index (χ1n) is 11.6. The van der Waals surface area contributed by atoms with Crippen LogP contribution in [0.1, 0.15) is 88.4 Å². The van der Waals surface area contributed by atoms with Crippen LogP contribution in [0.15, 0.2) is 4.79 Å². The summed E-state index contributed by atoms with van der Waals surface area (Å²) in [6.07, 6.45) is 12.4. The van der Waals surface area contributed by atoms with Crippen molar-refractivity contribution in [2.24, 2.45) is 5.92 Å². The highest BCUT2D eigenvalue weighted by Gasteiger charge is 2.35. The van der Waals surface area contributed by atoms with Gasteiger partial charge in [0.15, 0.2) is 0 Å². The van der Waals surface area contributed by atoms with Gasteiger partial charge in [0.1, 0.15) is 5.82 Å². The molecule has 1 aliphatic heterocycles. The molecular weight excluding hydrogens is 368 g/mol. The van der Waals surface area contributed by atoms with Gasteiger partial charge in [-0.3, -0.25) is 9.36 Å². The van der Waals surface area contributed by atoms with E-state index in [9.17, 15) is 9.59 Å². The number of hydrogen-bond acceptors (Lipinski definition) is 4. The average Bonchev–Trinajstić information content (AvgIpc) is 3.54. The molecule has 0 N–H and O–H groups in total. The Labute approximate surface area is 173 Å². The molecule has 1 amide bonds. The monoisotopic (exact) mass is 404 g/mol. The number of piperidine rings is 1. The number of hydrogen-bond donors (Lipinski definition) is 0. The molecule has 0 aromatic carbocycles. The second-order valence-electron chi connectivity index (χ2n) is 9.18. The second kappa shape index (κ2) is 9.45. The number of amides is 1. The zero-order valence-corrected chi connectivity index (χ0v) is 17.9. The van der Waals surface area contributed by atoms with Crippen molar-refractivity contribution in [3.05, 3.63) is 16.3 Å². The molecule has 0 spiro atoms. The van der Waals surface area contributed by atoms with Crippen molar-refractivity contribution in [1.29, 1.82) is 0 Å². The van der Waals surface area contributed by atoms with Gasteiger partial charge in [0.2, 0.25) is 5.91 Å². The molecule has 1 unspecified atom stereocenters. The first kappa shape index (κ1) is 20.6. The summed E-state index contributed by atoms with van der Waals surface area (Å²) in [5, 5.41) is 4.69. The molecule has 4 rings (SSSR count). The summed E-state index contributed by atoms with van der Waals surface area (Å²) in [6.45, 7) is 2.52. The number of methoxy groups -OCH3 is 1. The number of nitrogens with zero attached hydrogens (tertiary/aromatic N) is 4. The van der Waals surface area contributed by atoms with Gasteiger partial charge in [-0.05, 0) is 38.0 Å². The van der Waals surface area contributed by atoms with Crippen molar-refractivity contribution in [3.8, 4) is 0 Å². The van der Waals surface area contributed by atoms with E-state index >= 15 is 0 Å². The molecule has 2 saturated carbocycles. The SMILES string of the molecule is COCCn1nc(C2CCCN(C(=O)CCC3CCCCC3)C2)n(C2CC2)c1=O. The highest BCUT2D eigenvalue weighted by atomic mass is 16.5. The molecule has 29 heavy (non-hydrogen) atoms. The number of carbonyl (C=O) groups excluding carboxylic acids is 1. The molecular formula is C22H36N4O3. The third-order valence-corrected chi connectivity index (χ3v) is 6.95. The van der Waals surface area contributed by atoms with E-state index in [0.29, 0.717) is 38.1 Å². The third kappa shape index (κ3) is 4.93. The minimum absolute atomic E-state index is 0.0136. The van der Waals surface area contributed by atoms with Gasteiger partial charge in [0.05, 0.1) is 13.2 Å². The van der Waals surface area contributed by atoms with E-state index < -0.39 is 0 Å². The Bertz CT molecular complexity index is 746. The van der Waals surface area contributed by atoms with Crippen molar-refractivity contribution >= 4 is 5.91 Å². The van der Waals surface area contributed by atoms with Gasteiger partial charge in [-0.25, -0.2) is 9.48 Å². The second-order valence-corrected chi connectivity index (χ2v) is 9.18. The highest BCUT2D eigenvalue weighted by Crippen LogP contribution is 2.37. The van der Waals surface area contributed by atoms with Crippen molar-refractivity contribution in [2.45, 2.75) is 89.1 Å². The highest BCUT2D eigenvalue weighted by molar-refractivity contribution is 5.76. The molecule has 1 aromatic rings. The Morgan fingerprint density at radius 1 is 1.10 bits per heavy atom. The molecule has 1 saturated heterocycles. The van der Waals surface area contributed by atoms with E-state index in [2.05, 4.69) is 0 Å². The minimum atomic E-state index is -0.0136. The van der Waals surface area contributed by atoms with Gasteiger partial charge in [0, 0.05) is 38.6 Å². The summed E-state index contributed by atoms with van der Waals surface area (Å²) in [5.41, 5.74) is -0.0136. The van der Waals surface area contributed by atoms with Crippen molar-refractivity contribution in [2.75, 3.05) is 26.8 Å². The predicted octanol–water partition coefficient (Wildman–Crippen LogP) is 3.09. The minimum Gasteiger partial charge on any atom is -0.383 e. The lowest BCUT2D eigenvalue weighted by molar-refractivity contribution is -0.132. The van der Waals surface area contributed by atoms with E-state index in [1.165, 1.54) is 32.1 Å². The zero-order chi connectivity index (χ0) is 20.2. The predicted molar refractivity (Wildman–Crippen MR) is 111 cm³/mol. The Balaban J connectivity index is 1.41. The Morgan fingerprint density at radius 3 is 2.62 bits per heavy atom. The van der Waals surface area contributed by atoms with Crippen LogP contribution in [0, 0.1) is 5.92 Å². The number of carbonyl (C=O) groups is 1. The lowest BCUT2D eigenvalue weighted by Gasteiger charge is -2.33. The van der Waals surface area contributed by atoms with Crippen LogP contribution in [-0.2, 0) is 16.1 Å². The van der Waals surface area contributed by atoms with Gasteiger partial charge in [-0.15, -0.1) is 0 Å². The molecule has 2 aliphatic carbocycles. The van der Waals surface area contributed by atoms with Crippen LogP contribution < -0.4 is 5.69 Å². The van der Waals surface area contributed by atoms with Gasteiger partial charge in [0.25, 0.3) is 0 Å². The van der Waals surface area contributed by atoms with Crippen molar-refractivity contribution < 1.29 is 9.53 Å². The molecule has 1 atom stereocenters. The first-order chi connectivity index (χ1) is 14.2. The van der Waals surface area contributed by atoms with Gasteiger partial charge < -0.3 is 9.64 Å². The molecule has 162 valence electrons. The third-order valence-electron chi connectivity index (χ3n) is 6.95. The van der Waals surface area contributed by atoms with Crippen LogP contribution in [0.2, 0.25) is 0 Å². The average molecular weight is 405 g/mol. The van der Waals surface area contributed by atoms with E-state index in [0.717, 1.165) is 50.4 Å². The molecule has 3 aliphatic rings. The zero-order valence-electron chi connectivity index (χ0n) is 17.9. The quantitative estimate of drug-likeness (QED) is 0.668. The number of likely N-dealkylation sites (tertiary alicyclic amines) is 1. The summed E-state index contributed by atoms with van der Waals surface area (Å²) in [7, 11) is 1.64. The Kier molecular flexibility index (Phi) is 6.73. The van der Waals surface area contributed by atoms with Crippen LogP contribution >= 0.6 is 0 Å². The van der Waals surface area contributed by atoms with Crippen LogP contribution in [0.4, 0.5) is 0 Å². The molecule has 0 bridgehead atoms. The summed E-state index contributed by atoms with van der Waals surface area (Å²) < 4.78 is 8.60. The summed E-state index contributed by atoms with van der Waals surface area (Å²) in [4.78, 5) is 27.8. The molecule has 2 heterocycles. The van der Waals surface area contributed by atoms with Crippen molar-refractivity contribution in [1.82, 2.24) is 19.2 Å². The standard InChI is InChI=1S/C22H36N4O3/c1-29-15-14-25-22(28)26(19-10-11-19)21(23-25)18-8-5-13-24(16-18)20(27)12-9-17-6-3-2-4-7-17/h17-19H,2-16H2,1H3. The molecule has 1 aromatic heterocycles. The van der Waals surface area contributed by atoms with E-state index in [-0.39, 0.29) is 11.6 Å².